The minimum absolute atomic E-state index is 0.280. The van der Waals surface area contributed by atoms with Gasteiger partial charge in [0.05, 0.1) is 18.2 Å². The predicted octanol–water partition coefficient (Wildman–Crippen LogP) is 4.21. The Morgan fingerprint density at radius 1 is 1.00 bits per heavy atom. The van der Waals surface area contributed by atoms with Crippen molar-refractivity contribution < 1.29 is 19.1 Å². The molecule has 0 bridgehead atoms. The number of benzene rings is 2. The number of carbonyl (C=O) groups excluding carboxylic acids is 2. The molecule has 1 N–H and O–H groups in total. The predicted molar refractivity (Wildman–Crippen MR) is 109 cm³/mol. The van der Waals surface area contributed by atoms with Crippen molar-refractivity contribution in [1.29, 1.82) is 0 Å². The van der Waals surface area contributed by atoms with E-state index >= 15 is 0 Å². The molecule has 1 heterocycles. The molecule has 3 rings (SSSR count). The van der Waals surface area contributed by atoms with Crippen molar-refractivity contribution in [2.24, 2.45) is 0 Å². The Labute approximate surface area is 167 Å². The molecule has 0 aliphatic rings. The monoisotopic (exact) mass is 395 g/mol. The van der Waals surface area contributed by atoms with E-state index in [-0.39, 0.29) is 18.6 Å². The van der Waals surface area contributed by atoms with Gasteiger partial charge in [0.25, 0.3) is 5.91 Å². The van der Waals surface area contributed by atoms with Gasteiger partial charge in [0.1, 0.15) is 5.75 Å². The summed E-state index contributed by atoms with van der Waals surface area (Å²) in [6.07, 6.45) is 0. The summed E-state index contributed by atoms with van der Waals surface area (Å²) in [6, 6.07) is 19.9. The first-order chi connectivity index (χ1) is 13.7. The van der Waals surface area contributed by atoms with Crippen LogP contribution in [0, 0.1) is 0 Å². The normalized spacial score (nSPS) is 11.5. The van der Waals surface area contributed by atoms with Crippen LogP contribution >= 0.6 is 11.3 Å². The van der Waals surface area contributed by atoms with Crippen LogP contribution < -0.4 is 10.1 Å². The highest BCUT2D eigenvalue weighted by Crippen LogP contribution is 2.25. The van der Waals surface area contributed by atoms with Gasteiger partial charge in [-0.2, -0.15) is 0 Å². The number of carbonyl (C=O) groups is 2. The average Bonchev–Trinajstić information content (AvgIpc) is 3.26. The van der Waals surface area contributed by atoms with Crippen LogP contribution in [0.25, 0.3) is 0 Å². The largest absolute Gasteiger partial charge is 0.494 e. The Morgan fingerprint density at radius 2 is 1.75 bits per heavy atom. The summed E-state index contributed by atoms with van der Waals surface area (Å²) in [4.78, 5) is 25.6. The molecule has 0 fully saturated rings. The molecule has 0 aliphatic heterocycles. The second-order valence-corrected chi connectivity index (χ2v) is 6.94. The van der Waals surface area contributed by atoms with Crippen LogP contribution in [0.5, 0.6) is 5.75 Å². The first-order valence-electron chi connectivity index (χ1n) is 8.95. The van der Waals surface area contributed by atoms with Gasteiger partial charge in [-0.1, -0.05) is 36.4 Å². The van der Waals surface area contributed by atoms with Crippen LogP contribution in [0.3, 0.4) is 0 Å². The fourth-order valence-corrected chi connectivity index (χ4v) is 3.49. The van der Waals surface area contributed by atoms with E-state index in [9.17, 15) is 9.59 Å². The molecule has 1 aromatic heterocycles. The van der Waals surface area contributed by atoms with E-state index in [1.54, 1.807) is 35.6 Å². The van der Waals surface area contributed by atoms with Crippen molar-refractivity contribution in [3.8, 4) is 5.75 Å². The lowest BCUT2D eigenvalue weighted by atomic mass is 10.1. The summed E-state index contributed by atoms with van der Waals surface area (Å²) in [5.41, 5.74) is 1.34. The minimum atomic E-state index is -0.550. The highest BCUT2D eigenvalue weighted by atomic mass is 32.1. The summed E-state index contributed by atoms with van der Waals surface area (Å²) >= 11 is 1.56. The molecule has 0 spiro atoms. The second-order valence-electron chi connectivity index (χ2n) is 5.96. The molecule has 144 valence electrons. The van der Waals surface area contributed by atoms with Crippen LogP contribution in [0.15, 0.2) is 72.1 Å². The van der Waals surface area contributed by atoms with Crippen LogP contribution in [0.1, 0.15) is 33.8 Å². The van der Waals surface area contributed by atoms with Gasteiger partial charge in [0.15, 0.2) is 6.61 Å². The Hall–Kier alpha value is -3.12. The molecule has 28 heavy (non-hydrogen) atoms. The number of hydrogen-bond donors (Lipinski definition) is 1. The molecule has 5 nitrogen and oxygen atoms in total. The third kappa shape index (κ3) is 5.20. The van der Waals surface area contributed by atoms with Gasteiger partial charge in [-0.05, 0) is 48.2 Å². The van der Waals surface area contributed by atoms with Crippen LogP contribution in [-0.2, 0) is 9.53 Å². The van der Waals surface area contributed by atoms with Gasteiger partial charge in [-0.3, -0.25) is 4.79 Å². The van der Waals surface area contributed by atoms with Crippen LogP contribution in [-0.4, -0.2) is 25.1 Å². The Kier molecular flexibility index (Phi) is 6.81. The van der Waals surface area contributed by atoms with E-state index in [4.69, 9.17) is 9.47 Å². The van der Waals surface area contributed by atoms with Gasteiger partial charge in [0, 0.05) is 4.88 Å². The van der Waals surface area contributed by atoms with Crippen LogP contribution in [0.2, 0.25) is 0 Å². The van der Waals surface area contributed by atoms with Crippen molar-refractivity contribution in [2.75, 3.05) is 13.2 Å². The summed E-state index contributed by atoms with van der Waals surface area (Å²) in [5, 5.41) is 4.90. The Balaban J connectivity index is 1.59. The SMILES string of the molecule is CCOc1ccc(C(=O)OCC(=O)NC(c2ccccc2)c2cccs2)cc1. The molecule has 1 amide bonds. The number of ether oxygens (including phenoxy) is 2. The van der Waals surface area contributed by atoms with Gasteiger partial charge in [-0.25, -0.2) is 4.79 Å². The minimum Gasteiger partial charge on any atom is -0.494 e. The zero-order valence-corrected chi connectivity index (χ0v) is 16.3. The third-order valence-electron chi connectivity index (χ3n) is 4.00. The van der Waals surface area contributed by atoms with E-state index in [0.717, 1.165) is 10.4 Å². The lowest BCUT2D eigenvalue weighted by molar-refractivity contribution is -0.124. The number of nitrogens with one attached hydrogen (secondary N) is 1. The molecule has 2 aromatic carbocycles. The van der Waals surface area contributed by atoms with Crippen molar-refractivity contribution in [2.45, 2.75) is 13.0 Å². The lowest BCUT2D eigenvalue weighted by Gasteiger charge is -2.18. The number of rotatable bonds is 8. The zero-order chi connectivity index (χ0) is 19.8. The van der Waals surface area contributed by atoms with Crippen molar-refractivity contribution in [3.63, 3.8) is 0 Å². The number of amides is 1. The molecule has 1 atom stereocenters. The topological polar surface area (TPSA) is 64.6 Å². The molecule has 3 aromatic rings. The van der Waals surface area contributed by atoms with E-state index in [1.807, 2.05) is 54.8 Å². The molecule has 0 saturated carbocycles. The van der Waals surface area contributed by atoms with Gasteiger partial charge in [0.2, 0.25) is 0 Å². The molecular weight excluding hydrogens is 374 g/mol. The standard InChI is InChI=1S/C22H21NO4S/c1-2-26-18-12-10-17(11-13-18)22(25)27-15-20(24)23-21(19-9-6-14-28-19)16-7-4-3-5-8-16/h3-14,21H,2,15H2,1H3,(H,23,24). The van der Waals surface area contributed by atoms with Crippen molar-refractivity contribution >= 4 is 23.2 Å². The quantitative estimate of drug-likeness (QED) is 0.581. The second kappa shape index (κ2) is 9.71. The van der Waals surface area contributed by atoms with E-state index in [0.29, 0.717) is 17.9 Å². The van der Waals surface area contributed by atoms with E-state index in [2.05, 4.69) is 5.32 Å². The smallest absolute Gasteiger partial charge is 0.338 e. The average molecular weight is 395 g/mol. The molecule has 0 saturated heterocycles. The Morgan fingerprint density at radius 3 is 2.39 bits per heavy atom. The molecule has 0 radical (unpaired) electrons. The first-order valence-corrected chi connectivity index (χ1v) is 9.83. The van der Waals surface area contributed by atoms with Gasteiger partial charge >= 0.3 is 5.97 Å². The fourth-order valence-electron chi connectivity index (χ4n) is 2.69. The van der Waals surface area contributed by atoms with Gasteiger partial charge in [-0.15, -0.1) is 11.3 Å². The van der Waals surface area contributed by atoms with E-state index < -0.39 is 5.97 Å². The Bertz CT molecular complexity index is 892. The maximum atomic E-state index is 12.4. The summed E-state index contributed by atoms with van der Waals surface area (Å²) in [7, 11) is 0. The van der Waals surface area contributed by atoms with Crippen LogP contribution in [0.4, 0.5) is 0 Å². The van der Waals surface area contributed by atoms with E-state index in [1.165, 1.54) is 0 Å². The number of esters is 1. The number of thiophene rings is 1. The third-order valence-corrected chi connectivity index (χ3v) is 4.94. The lowest BCUT2D eigenvalue weighted by Crippen LogP contribution is -2.32. The summed E-state index contributed by atoms with van der Waals surface area (Å²) < 4.78 is 10.5. The van der Waals surface area contributed by atoms with Gasteiger partial charge < -0.3 is 14.8 Å². The summed E-state index contributed by atoms with van der Waals surface area (Å²) in [6.45, 7) is 2.09. The molecule has 0 aliphatic carbocycles. The highest BCUT2D eigenvalue weighted by Gasteiger charge is 2.19. The zero-order valence-electron chi connectivity index (χ0n) is 15.5. The fraction of sp³-hybridized carbons (Fsp3) is 0.182. The first kappa shape index (κ1) is 19.6. The van der Waals surface area contributed by atoms with Crippen molar-refractivity contribution in [1.82, 2.24) is 5.32 Å². The maximum absolute atomic E-state index is 12.4. The van der Waals surface area contributed by atoms with Crippen molar-refractivity contribution in [3.05, 3.63) is 88.1 Å². The highest BCUT2D eigenvalue weighted by molar-refractivity contribution is 7.10. The molecule has 1 unspecified atom stereocenters. The summed E-state index contributed by atoms with van der Waals surface area (Å²) in [5.74, 6) is -0.231. The molecular formula is C22H21NO4S. The maximum Gasteiger partial charge on any atom is 0.338 e. The molecule has 6 heteroatoms. The number of hydrogen-bond acceptors (Lipinski definition) is 5.